The number of carboxylic acids is 3. The van der Waals surface area contributed by atoms with E-state index in [0.29, 0.717) is 0 Å². The fourth-order valence-electron chi connectivity index (χ4n) is 13.7. The number of hydrogen-bond acceptors (Lipinski definition) is 43. The van der Waals surface area contributed by atoms with Gasteiger partial charge >= 0.3 is 17.9 Å². The summed E-state index contributed by atoms with van der Waals surface area (Å²) in [6, 6.07) is -8.42. The minimum Gasteiger partial charge on any atom is -0.477 e. The average Bonchev–Trinajstić information content (AvgIpc) is 0.748. The molecule has 7 rings (SSSR count). The van der Waals surface area contributed by atoms with Crippen molar-refractivity contribution in [3.63, 3.8) is 0 Å². The number of carboxylic acid groups (broad SMARTS) is 3. The first-order valence-electron chi connectivity index (χ1n) is 33.7. The van der Waals surface area contributed by atoms with Crippen molar-refractivity contribution in [3.05, 3.63) is 0 Å². The van der Waals surface area contributed by atoms with Gasteiger partial charge in [-0.25, -0.2) is 14.4 Å². The SMILES string of the molecule is CC(=O)N[C@H]1[C@H](O[C@@H]2[C@H](O[C@]3(C(=O)O)C[C@H](O)[C@@H](NC(C)=O)[C@H]([C@H](O)[C@@H](CO)O[C@]4(C(=O)O)C[C@H](O)[C@@H](NC(=O)CO)[C@H]([C@H](O)[C@@H](CO)O[C@]5(C(=O)O)C[C@H](O)[C@@H](NC(C)=O)[C@H]([C@H](O)[C@H](O)CO)O5)O4)O3)[C@@H](O)[C@H](O[C@H]3[C@@H](O)[C@@H](O)[C@H](O)O[C@@H]3CO)O[C@@H]2CO)O[C@H](CO)[C@H](O)[C@@H]1O[C@@H]1O[C@H](CO)[C@H](O)[C@H](O)[C@H]1O. The number of ether oxygens (including phenoxy) is 13. The van der Waals surface area contributed by atoms with E-state index in [1.165, 1.54) is 0 Å². The second-order valence-corrected chi connectivity index (χ2v) is 26.8. The number of aliphatic hydroxyl groups excluding tert-OH is 23. The van der Waals surface area contributed by atoms with Crippen LogP contribution in [0, 0.1) is 0 Å². The summed E-state index contributed by atoms with van der Waals surface area (Å²) in [4.78, 5) is 92.5. The van der Waals surface area contributed by atoms with E-state index >= 15 is 0 Å². The summed E-state index contributed by atoms with van der Waals surface area (Å²) in [6.07, 6.45) is -77.8. The van der Waals surface area contributed by atoms with E-state index in [4.69, 9.17) is 61.6 Å². The normalized spacial score (nSPS) is 43.1. The first kappa shape index (κ1) is 91.0. The molecule has 628 valence electrons. The monoisotopic (exact) mass is 1600 g/mol. The molecule has 4 amide bonds. The van der Waals surface area contributed by atoms with Crippen molar-refractivity contribution >= 4 is 41.5 Å². The Morgan fingerprint density at radius 2 is 0.780 bits per heavy atom. The summed E-state index contributed by atoms with van der Waals surface area (Å²) in [5.41, 5.74) is 0. The molecule has 0 aromatic rings. The number of rotatable bonds is 33. The van der Waals surface area contributed by atoms with E-state index in [1.54, 1.807) is 0 Å². The highest BCUT2D eigenvalue weighted by atomic mass is 16.8. The second-order valence-electron chi connectivity index (χ2n) is 26.8. The third-order valence-corrected chi connectivity index (χ3v) is 19.2. The molecular formula is C59H96N4O46. The molecule has 109 heavy (non-hydrogen) atoms. The van der Waals surface area contributed by atoms with Crippen LogP contribution >= 0.6 is 0 Å². The van der Waals surface area contributed by atoms with E-state index in [9.17, 15) is 166 Å². The zero-order valence-corrected chi connectivity index (χ0v) is 57.8. The maximum atomic E-state index is 14.2. The van der Waals surface area contributed by atoms with Crippen LogP contribution in [0.2, 0.25) is 0 Å². The Morgan fingerprint density at radius 3 is 1.22 bits per heavy atom. The molecule has 38 atom stereocenters. The zero-order chi connectivity index (χ0) is 81.5. The maximum Gasteiger partial charge on any atom is 0.364 e. The third kappa shape index (κ3) is 19.8. The highest BCUT2D eigenvalue weighted by Crippen LogP contribution is 2.44. The predicted molar refractivity (Wildman–Crippen MR) is 331 cm³/mol. The van der Waals surface area contributed by atoms with Crippen LogP contribution in [0.25, 0.3) is 0 Å². The molecule has 0 saturated carbocycles. The molecule has 7 aliphatic heterocycles. The Hall–Kier alpha value is -5.15. The molecule has 7 fully saturated rings. The smallest absolute Gasteiger partial charge is 0.364 e. The summed E-state index contributed by atoms with van der Waals surface area (Å²) < 4.78 is 75.1. The molecule has 0 aromatic carbocycles. The minimum atomic E-state index is -3.79. The molecule has 0 aromatic heterocycles. The number of carbonyl (C=O) groups excluding carboxylic acids is 4. The van der Waals surface area contributed by atoms with Crippen LogP contribution in [0.5, 0.6) is 0 Å². The zero-order valence-electron chi connectivity index (χ0n) is 57.8. The van der Waals surface area contributed by atoms with Crippen LogP contribution in [0.15, 0.2) is 0 Å². The van der Waals surface area contributed by atoms with Gasteiger partial charge in [0.25, 0.3) is 17.4 Å². The highest BCUT2D eigenvalue weighted by molar-refractivity contribution is 5.79. The van der Waals surface area contributed by atoms with E-state index in [1.807, 2.05) is 5.32 Å². The van der Waals surface area contributed by atoms with Gasteiger partial charge in [-0.3, -0.25) is 19.2 Å². The summed E-state index contributed by atoms with van der Waals surface area (Å²) in [5.74, 6) is -22.7. The molecular weight excluding hydrogens is 1500 g/mol. The second kappa shape index (κ2) is 38.3. The van der Waals surface area contributed by atoms with Crippen LogP contribution in [0.1, 0.15) is 40.0 Å². The lowest BCUT2D eigenvalue weighted by Crippen LogP contribution is -2.73. The number of carbonyl (C=O) groups is 7. The number of aliphatic carboxylic acids is 3. The largest absolute Gasteiger partial charge is 0.477 e. The summed E-state index contributed by atoms with van der Waals surface area (Å²) in [7, 11) is 0. The number of hydrogen-bond donors (Lipinski definition) is 30. The fourth-order valence-corrected chi connectivity index (χ4v) is 13.7. The Bertz CT molecular complexity index is 3030. The van der Waals surface area contributed by atoms with Gasteiger partial charge in [-0.15, -0.1) is 0 Å². The molecule has 0 radical (unpaired) electrons. The van der Waals surface area contributed by atoms with Crippen molar-refractivity contribution in [2.24, 2.45) is 0 Å². The molecule has 7 saturated heterocycles. The van der Waals surface area contributed by atoms with Crippen molar-refractivity contribution in [3.8, 4) is 0 Å². The molecule has 0 unspecified atom stereocenters. The molecule has 0 aliphatic carbocycles. The lowest BCUT2D eigenvalue weighted by Gasteiger charge is -2.53. The topological polar surface area (TPSA) is 814 Å². The minimum absolute atomic E-state index is 0.780. The fraction of sp³-hybridized carbons (Fsp3) is 0.881. The predicted octanol–water partition coefficient (Wildman–Crippen LogP) is -19.1. The molecule has 7 heterocycles. The molecule has 0 spiro atoms. The van der Waals surface area contributed by atoms with Gasteiger partial charge in [-0.05, 0) is 0 Å². The van der Waals surface area contributed by atoms with Crippen LogP contribution in [-0.4, -0.2) is 459 Å². The molecule has 50 heteroatoms. The quantitative estimate of drug-likeness (QED) is 0.0290. The third-order valence-electron chi connectivity index (χ3n) is 19.2. The van der Waals surface area contributed by atoms with Crippen molar-refractivity contribution in [1.82, 2.24) is 21.3 Å². The van der Waals surface area contributed by atoms with Gasteiger partial charge in [0.1, 0.15) is 159 Å². The van der Waals surface area contributed by atoms with Gasteiger partial charge in [0.15, 0.2) is 25.2 Å². The standard InChI is InChI=1S/C59H96N4O46/c1-15(72)60-29-18(75)4-57(54(91)92,106-46(29)33(80)21(78)7-64)104-25(11-68)37(84)48-31(63-28(79)14-71)20(77)5-58(107-48,55(93)94)105-24(10-67)36(83)47-30(61-16(2)73)19(76)6-59(108-47,56(95)96)109-49-42(89)53(101-43-26(12-69)97-50(90)40(87)39(43)86)100-27(13-70)44(49)102-51-32(62-17(3)74)45(35(82)23(9-66)98-51)103-52-41(88)38(85)34(81)22(8-65)99-52/h18-27,29-53,64-71,75-78,80-90H,4-14H2,1-3H3,(H,60,72)(H,61,73)(H,62,74)(H,63,79)(H,91,92)(H,93,94)(H,95,96)/t18-,19-,20-,21+,22+,23+,24+,25+,26+,27+,29+,30+,31+,32+,33+,34-,35-,36+,37+,38-,39-,40+,41+,42+,43+,44-,45+,46+,47+,48+,49+,50+,51-,52-,53-,57+,58+,59-/m0/s1. The summed E-state index contributed by atoms with van der Waals surface area (Å²) >= 11 is 0. The average molecular weight is 1600 g/mol. The van der Waals surface area contributed by atoms with Crippen molar-refractivity contribution < 1.29 is 228 Å². The van der Waals surface area contributed by atoms with Gasteiger partial charge in [0, 0.05) is 40.0 Å². The summed E-state index contributed by atoms with van der Waals surface area (Å²) in [5, 5.41) is 295. The van der Waals surface area contributed by atoms with Crippen molar-refractivity contribution in [2.75, 3.05) is 52.9 Å². The molecule has 50 nitrogen and oxygen atoms in total. The Morgan fingerprint density at radius 1 is 0.394 bits per heavy atom. The first-order valence-corrected chi connectivity index (χ1v) is 33.7. The van der Waals surface area contributed by atoms with Gasteiger partial charge in [-0.2, -0.15) is 0 Å². The van der Waals surface area contributed by atoms with Crippen LogP contribution in [0.4, 0.5) is 0 Å². The highest BCUT2D eigenvalue weighted by Gasteiger charge is 2.65. The molecule has 0 bridgehead atoms. The Kier molecular flexibility index (Phi) is 32.0. The van der Waals surface area contributed by atoms with Gasteiger partial charge in [0.05, 0.1) is 82.7 Å². The van der Waals surface area contributed by atoms with E-state index in [0.717, 1.165) is 20.8 Å². The number of nitrogens with one attached hydrogen (secondary N) is 4. The van der Waals surface area contributed by atoms with Gasteiger partial charge in [0.2, 0.25) is 23.6 Å². The van der Waals surface area contributed by atoms with Gasteiger partial charge < -0.3 is 216 Å². The number of amides is 4. The lowest BCUT2D eigenvalue weighted by molar-refractivity contribution is -0.403. The van der Waals surface area contributed by atoms with Crippen LogP contribution < -0.4 is 21.3 Å². The van der Waals surface area contributed by atoms with Crippen molar-refractivity contribution in [2.45, 2.75) is 272 Å². The summed E-state index contributed by atoms with van der Waals surface area (Å²) in [6.45, 7) is -8.43. The van der Waals surface area contributed by atoms with E-state index < -0.39 is 345 Å². The Balaban J connectivity index is 1.31. The number of aliphatic hydroxyl groups is 23. The molecule has 30 N–H and O–H groups in total. The van der Waals surface area contributed by atoms with Crippen molar-refractivity contribution in [1.29, 1.82) is 0 Å². The van der Waals surface area contributed by atoms with Gasteiger partial charge in [-0.1, -0.05) is 0 Å². The van der Waals surface area contributed by atoms with Crippen LogP contribution in [-0.2, 0) is 95.1 Å². The molecule has 7 aliphatic rings. The first-order chi connectivity index (χ1) is 51.1. The van der Waals surface area contributed by atoms with E-state index in [-0.39, 0.29) is 0 Å². The van der Waals surface area contributed by atoms with Crippen LogP contribution in [0.3, 0.4) is 0 Å². The maximum absolute atomic E-state index is 14.2. The Labute approximate surface area is 613 Å². The van der Waals surface area contributed by atoms with E-state index in [2.05, 4.69) is 16.0 Å². The lowest BCUT2D eigenvalue weighted by atomic mass is 9.86.